The zero-order valence-electron chi connectivity index (χ0n) is 6.31. The smallest absolute Gasteiger partial charge is 0.0104 e. The van der Waals surface area contributed by atoms with Crippen molar-refractivity contribution in [3.05, 3.63) is 0 Å². The summed E-state index contributed by atoms with van der Waals surface area (Å²) in [6.45, 7) is 6.51. The van der Waals surface area contributed by atoms with Gasteiger partial charge in [-0.15, -0.1) is 0 Å². The van der Waals surface area contributed by atoms with E-state index in [1.165, 1.54) is 0 Å². The van der Waals surface area contributed by atoms with Crippen LogP contribution < -0.4 is 0 Å². The van der Waals surface area contributed by atoms with Crippen LogP contribution in [0.4, 0.5) is 0 Å². The van der Waals surface area contributed by atoms with E-state index < -0.39 is 0 Å². The van der Waals surface area contributed by atoms with Crippen molar-refractivity contribution in [2.24, 2.45) is 0 Å². The molecule has 0 atom stereocenters. The molecule has 0 amide bonds. The van der Waals surface area contributed by atoms with E-state index in [9.17, 15) is 0 Å². The lowest BCUT2D eigenvalue weighted by atomic mass is 10.6. The SMILES string of the molecule is CCN(CC)N(C)C. The molecule has 0 unspecified atom stereocenters. The maximum Gasteiger partial charge on any atom is 0.0104 e. The minimum atomic E-state index is 1.10. The third-order valence-electron chi connectivity index (χ3n) is 1.30. The predicted molar refractivity (Wildman–Crippen MR) is 36.6 cm³/mol. The van der Waals surface area contributed by atoms with E-state index in [4.69, 9.17) is 0 Å². The first-order chi connectivity index (χ1) is 3.72. The summed E-state index contributed by atoms with van der Waals surface area (Å²) in [6.07, 6.45) is 0. The molecule has 0 saturated heterocycles. The number of hydrogen-bond donors (Lipinski definition) is 0. The largest absolute Gasteiger partial charge is 0.248 e. The summed E-state index contributed by atoms with van der Waals surface area (Å²) in [5.74, 6) is 0. The molecule has 0 aliphatic carbocycles. The average Bonchev–Trinajstić information content (AvgIpc) is 1.69. The molecular weight excluding hydrogens is 100 g/mol. The molecule has 8 heavy (non-hydrogen) atoms. The molecule has 0 spiro atoms. The molecule has 0 aliphatic heterocycles. The number of rotatable bonds is 3. The maximum absolute atomic E-state index is 2.25. The lowest BCUT2D eigenvalue weighted by molar-refractivity contribution is 0.0373. The van der Waals surface area contributed by atoms with Crippen LogP contribution in [0.5, 0.6) is 0 Å². The van der Waals surface area contributed by atoms with Gasteiger partial charge in [-0.2, -0.15) is 0 Å². The molecular formula is C6H16N2. The van der Waals surface area contributed by atoms with Gasteiger partial charge in [-0.25, -0.2) is 10.0 Å². The van der Waals surface area contributed by atoms with Gasteiger partial charge in [0.25, 0.3) is 0 Å². The fraction of sp³-hybridized carbons (Fsp3) is 1.00. The van der Waals surface area contributed by atoms with E-state index >= 15 is 0 Å². The monoisotopic (exact) mass is 116 g/mol. The highest BCUT2D eigenvalue weighted by molar-refractivity contribution is 4.40. The Morgan fingerprint density at radius 1 is 1.00 bits per heavy atom. The highest BCUT2D eigenvalue weighted by Crippen LogP contribution is 1.86. The predicted octanol–water partition coefficient (Wildman–Crippen LogP) is 0.805. The van der Waals surface area contributed by atoms with Crippen LogP contribution in [0, 0.1) is 0 Å². The second-order valence-corrected chi connectivity index (χ2v) is 1.99. The van der Waals surface area contributed by atoms with E-state index in [0.29, 0.717) is 0 Å². The molecule has 0 fully saturated rings. The van der Waals surface area contributed by atoms with Crippen molar-refractivity contribution in [3.8, 4) is 0 Å². The molecule has 2 heteroatoms. The maximum atomic E-state index is 2.25. The van der Waals surface area contributed by atoms with E-state index in [0.717, 1.165) is 13.1 Å². The first-order valence-electron chi connectivity index (χ1n) is 3.14. The van der Waals surface area contributed by atoms with Gasteiger partial charge < -0.3 is 0 Å². The Morgan fingerprint density at radius 3 is 1.38 bits per heavy atom. The van der Waals surface area contributed by atoms with Crippen LogP contribution in [0.25, 0.3) is 0 Å². The Kier molecular flexibility index (Phi) is 3.83. The second-order valence-electron chi connectivity index (χ2n) is 1.99. The first-order valence-corrected chi connectivity index (χ1v) is 3.14. The highest BCUT2D eigenvalue weighted by atomic mass is 15.6. The second kappa shape index (κ2) is 3.87. The molecule has 0 saturated carbocycles. The van der Waals surface area contributed by atoms with Gasteiger partial charge in [0, 0.05) is 27.2 Å². The Hall–Kier alpha value is -0.0800. The van der Waals surface area contributed by atoms with Crippen molar-refractivity contribution in [3.63, 3.8) is 0 Å². The van der Waals surface area contributed by atoms with Crippen molar-refractivity contribution in [1.29, 1.82) is 0 Å². The molecule has 0 heterocycles. The van der Waals surface area contributed by atoms with Crippen LogP contribution in [-0.2, 0) is 0 Å². The summed E-state index contributed by atoms with van der Waals surface area (Å²) in [7, 11) is 4.12. The normalized spacial score (nSPS) is 11.2. The summed E-state index contributed by atoms with van der Waals surface area (Å²) in [6, 6.07) is 0. The molecule has 0 aliphatic rings. The Morgan fingerprint density at radius 2 is 1.38 bits per heavy atom. The van der Waals surface area contributed by atoms with E-state index in [1.807, 2.05) is 0 Å². The third-order valence-corrected chi connectivity index (χ3v) is 1.30. The Labute approximate surface area is 52.1 Å². The van der Waals surface area contributed by atoms with Crippen molar-refractivity contribution in [1.82, 2.24) is 10.0 Å². The van der Waals surface area contributed by atoms with Crippen molar-refractivity contribution in [2.45, 2.75) is 13.8 Å². The molecule has 0 rings (SSSR count). The third kappa shape index (κ3) is 2.28. The average molecular weight is 116 g/mol. The van der Waals surface area contributed by atoms with Crippen molar-refractivity contribution < 1.29 is 0 Å². The molecule has 0 aromatic rings. The quantitative estimate of drug-likeness (QED) is 0.503. The van der Waals surface area contributed by atoms with Crippen molar-refractivity contribution in [2.75, 3.05) is 27.2 Å². The van der Waals surface area contributed by atoms with Crippen molar-refractivity contribution >= 4 is 0 Å². The fourth-order valence-corrected chi connectivity index (χ4v) is 0.789. The standard InChI is InChI=1S/C6H16N2/c1-5-8(6-2)7(3)4/h5-6H2,1-4H3. The fourth-order valence-electron chi connectivity index (χ4n) is 0.789. The van der Waals surface area contributed by atoms with Crippen LogP contribution in [0.2, 0.25) is 0 Å². The zero-order chi connectivity index (χ0) is 6.57. The van der Waals surface area contributed by atoms with Crippen LogP contribution >= 0.6 is 0 Å². The molecule has 50 valence electrons. The summed E-state index contributed by atoms with van der Waals surface area (Å²) < 4.78 is 0. The van der Waals surface area contributed by atoms with Gasteiger partial charge in [-0.1, -0.05) is 13.8 Å². The first kappa shape index (κ1) is 7.92. The van der Waals surface area contributed by atoms with E-state index in [-0.39, 0.29) is 0 Å². The summed E-state index contributed by atoms with van der Waals surface area (Å²) in [4.78, 5) is 0. The van der Waals surface area contributed by atoms with Gasteiger partial charge in [-0.05, 0) is 0 Å². The Bertz CT molecular complexity index is 48.5. The van der Waals surface area contributed by atoms with Gasteiger partial charge in [0.2, 0.25) is 0 Å². The lowest BCUT2D eigenvalue weighted by Crippen LogP contribution is -2.36. The molecule has 0 radical (unpaired) electrons. The van der Waals surface area contributed by atoms with Crippen LogP contribution in [0.15, 0.2) is 0 Å². The molecule has 0 N–H and O–H groups in total. The molecule has 0 bridgehead atoms. The molecule has 0 aromatic carbocycles. The van der Waals surface area contributed by atoms with Gasteiger partial charge in [0.05, 0.1) is 0 Å². The molecule has 0 aromatic heterocycles. The lowest BCUT2D eigenvalue weighted by Gasteiger charge is -2.25. The van der Waals surface area contributed by atoms with Gasteiger partial charge in [-0.3, -0.25) is 0 Å². The minimum Gasteiger partial charge on any atom is -0.248 e. The van der Waals surface area contributed by atoms with Gasteiger partial charge >= 0.3 is 0 Å². The summed E-state index contributed by atoms with van der Waals surface area (Å²) in [5, 5.41) is 4.36. The van der Waals surface area contributed by atoms with E-state index in [1.54, 1.807) is 0 Å². The highest BCUT2D eigenvalue weighted by Gasteiger charge is 1.97. The number of nitrogens with zero attached hydrogens (tertiary/aromatic N) is 2. The minimum absolute atomic E-state index is 1.10. The number of hydrazine groups is 1. The van der Waals surface area contributed by atoms with Crippen LogP contribution in [0.1, 0.15) is 13.8 Å². The van der Waals surface area contributed by atoms with Crippen LogP contribution in [-0.4, -0.2) is 37.2 Å². The number of hydrogen-bond acceptors (Lipinski definition) is 2. The summed E-state index contributed by atoms with van der Waals surface area (Å²) in [5.41, 5.74) is 0. The zero-order valence-corrected chi connectivity index (χ0v) is 6.31. The molecule has 2 nitrogen and oxygen atoms in total. The topological polar surface area (TPSA) is 6.48 Å². The Balaban J connectivity index is 3.35. The van der Waals surface area contributed by atoms with Gasteiger partial charge in [0.15, 0.2) is 0 Å². The van der Waals surface area contributed by atoms with Gasteiger partial charge in [0.1, 0.15) is 0 Å². The van der Waals surface area contributed by atoms with E-state index in [2.05, 4.69) is 38.0 Å². The van der Waals surface area contributed by atoms with Crippen LogP contribution in [0.3, 0.4) is 0 Å². The summed E-state index contributed by atoms with van der Waals surface area (Å²) >= 11 is 0.